The highest BCUT2D eigenvalue weighted by atomic mass is 16.2. The molecule has 0 saturated carbocycles. The zero-order chi connectivity index (χ0) is 20.4. The molecule has 1 aliphatic rings. The predicted octanol–water partition coefficient (Wildman–Crippen LogP) is 4.54. The molecule has 0 aliphatic carbocycles. The van der Waals surface area contributed by atoms with Crippen LogP contribution in [0.3, 0.4) is 0 Å². The van der Waals surface area contributed by atoms with E-state index in [1.165, 1.54) is 0 Å². The number of aryl methyl sites for hydroxylation is 3. The Morgan fingerprint density at radius 1 is 0.966 bits per heavy atom. The number of para-hydroxylation sites is 1. The van der Waals surface area contributed by atoms with Crippen molar-refractivity contribution in [3.8, 4) is 0 Å². The molecule has 2 heterocycles. The van der Waals surface area contributed by atoms with Gasteiger partial charge < -0.3 is 10.2 Å². The molecular weight excluding hydrogens is 362 g/mol. The van der Waals surface area contributed by atoms with E-state index in [0.717, 1.165) is 40.9 Å². The van der Waals surface area contributed by atoms with Gasteiger partial charge in [-0.05, 0) is 67.6 Å². The second-order valence-corrected chi connectivity index (χ2v) is 7.37. The minimum Gasteiger partial charge on any atom is -0.320 e. The summed E-state index contributed by atoms with van der Waals surface area (Å²) < 4.78 is 0. The fourth-order valence-electron chi connectivity index (χ4n) is 3.62. The van der Waals surface area contributed by atoms with Gasteiger partial charge in [0.25, 0.3) is 11.8 Å². The summed E-state index contributed by atoms with van der Waals surface area (Å²) in [5.41, 5.74) is 5.37. The molecule has 5 heteroatoms. The van der Waals surface area contributed by atoms with E-state index < -0.39 is 0 Å². The van der Waals surface area contributed by atoms with Crippen molar-refractivity contribution in [2.75, 3.05) is 16.8 Å². The number of aromatic nitrogens is 1. The second kappa shape index (κ2) is 7.87. The summed E-state index contributed by atoms with van der Waals surface area (Å²) in [5.74, 6) is -0.508. The number of amides is 2. The van der Waals surface area contributed by atoms with Crippen LogP contribution in [0.15, 0.2) is 60.7 Å². The molecule has 0 fully saturated rings. The summed E-state index contributed by atoms with van der Waals surface area (Å²) >= 11 is 0. The number of anilines is 2. The SMILES string of the molecule is Cc1ccc(C)c(NC(=O)c2cccc(C(=O)N3CCCc4ccccc43)n2)c1. The number of nitrogens with zero attached hydrogens (tertiary/aromatic N) is 2. The predicted molar refractivity (Wildman–Crippen MR) is 115 cm³/mol. The van der Waals surface area contributed by atoms with Crippen molar-refractivity contribution in [3.63, 3.8) is 0 Å². The van der Waals surface area contributed by atoms with Crippen molar-refractivity contribution < 1.29 is 9.59 Å². The van der Waals surface area contributed by atoms with Crippen molar-refractivity contribution in [2.45, 2.75) is 26.7 Å². The first-order valence-electron chi connectivity index (χ1n) is 9.78. The molecule has 3 aromatic rings. The first-order valence-corrected chi connectivity index (χ1v) is 9.78. The van der Waals surface area contributed by atoms with Crippen molar-refractivity contribution in [3.05, 3.63) is 88.7 Å². The maximum atomic E-state index is 13.1. The normalized spacial score (nSPS) is 13.0. The van der Waals surface area contributed by atoms with Crippen molar-refractivity contribution in [2.24, 2.45) is 0 Å². The van der Waals surface area contributed by atoms with Crippen LogP contribution in [-0.2, 0) is 6.42 Å². The summed E-state index contributed by atoms with van der Waals surface area (Å²) in [6, 6.07) is 18.8. The van der Waals surface area contributed by atoms with Gasteiger partial charge in [0.1, 0.15) is 11.4 Å². The molecule has 146 valence electrons. The molecule has 5 nitrogen and oxygen atoms in total. The van der Waals surface area contributed by atoms with E-state index in [1.807, 2.05) is 50.2 Å². The highest BCUT2D eigenvalue weighted by molar-refractivity contribution is 6.07. The Bertz CT molecular complexity index is 1090. The molecule has 0 spiro atoms. The van der Waals surface area contributed by atoms with Gasteiger partial charge >= 0.3 is 0 Å². The molecule has 4 rings (SSSR count). The molecule has 29 heavy (non-hydrogen) atoms. The standard InChI is InChI=1S/C24H23N3O2/c1-16-12-13-17(2)21(15-16)26-23(28)19-9-5-10-20(25-19)24(29)27-14-6-8-18-7-3-4-11-22(18)27/h3-5,7,9-13,15H,6,8,14H2,1-2H3,(H,26,28). The first-order chi connectivity index (χ1) is 14.0. The Balaban J connectivity index is 1.58. The quantitative estimate of drug-likeness (QED) is 0.720. The summed E-state index contributed by atoms with van der Waals surface area (Å²) in [6.07, 6.45) is 1.88. The second-order valence-electron chi connectivity index (χ2n) is 7.37. The summed E-state index contributed by atoms with van der Waals surface area (Å²) in [4.78, 5) is 32.0. The molecule has 0 saturated heterocycles. The van der Waals surface area contributed by atoms with Crippen molar-refractivity contribution in [1.29, 1.82) is 0 Å². The number of benzene rings is 2. The fourth-order valence-corrected chi connectivity index (χ4v) is 3.62. The van der Waals surface area contributed by atoms with E-state index in [4.69, 9.17) is 0 Å². The van der Waals surface area contributed by atoms with Gasteiger partial charge in [0.05, 0.1) is 0 Å². The fraction of sp³-hybridized carbons (Fsp3) is 0.208. The molecule has 0 bridgehead atoms. The molecule has 1 aliphatic heterocycles. The Kier molecular flexibility index (Phi) is 5.12. The van der Waals surface area contributed by atoms with Gasteiger partial charge in [-0.2, -0.15) is 0 Å². The van der Waals surface area contributed by atoms with Crippen LogP contribution in [-0.4, -0.2) is 23.3 Å². The lowest BCUT2D eigenvalue weighted by Gasteiger charge is -2.29. The Morgan fingerprint density at radius 2 is 1.76 bits per heavy atom. The lowest BCUT2D eigenvalue weighted by molar-refractivity contribution is 0.0980. The van der Waals surface area contributed by atoms with Crippen LogP contribution in [0.1, 0.15) is 44.1 Å². The van der Waals surface area contributed by atoms with Gasteiger partial charge in [-0.1, -0.05) is 36.4 Å². The topological polar surface area (TPSA) is 62.3 Å². The van der Waals surface area contributed by atoms with E-state index in [1.54, 1.807) is 23.1 Å². The van der Waals surface area contributed by atoms with Crippen LogP contribution in [0.25, 0.3) is 0 Å². The highest BCUT2D eigenvalue weighted by Gasteiger charge is 2.24. The highest BCUT2D eigenvalue weighted by Crippen LogP contribution is 2.28. The number of pyridine rings is 1. The van der Waals surface area contributed by atoms with E-state index in [2.05, 4.69) is 16.4 Å². The summed E-state index contributed by atoms with van der Waals surface area (Å²) in [6.45, 7) is 4.57. The number of carbonyl (C=O) groups excluding carboxylic acids is 2. The zero-order valence-electron chi connectivity index (χ0n) is 16.6. The molecule has 0 radical (unpaired) electrons. The largest absolute Gasteiger partial charge is 0.320 e. The molecule has 2 amide bonds. The van der Waals surface area contributed by atoms with Gasteiger partial charge in [-0.25, -0.2) is 4.98 Å². The van der Waals surface area contributed by atoms with Gasteiger partial charge in [-0.3, -0.25) is 9.59 Å². The van der Waals surface area contributed by atoms with Gasteiger partial charge in [0, 0.05) is 17.9 Å². The van der Waals surface area contributed by atoms with Crippen molar-refractivity contribution >= 4 is 23.2 Å². The molecule has 1 N–H and O–H groups in total. The molecule has 2 aromatic carbocycles. The number of hydrogen-bond acceptors (Lipinski definition) is 3. The maximum absolute atomic E-state index is 13.1. The van der Waals surface area contributed by atoms with E-state index in [-0.39, 0.29) is 23.2 Å². The van der Waals surface area contributed by atoms with Crippen LogP contribution in [0.5, 0.6) is 0 Å². The lowest BCUT2D eigenvalue weighted by Crippen LogP contribution is -2.36. The van der Waals surface area contributed by atoms with Crippen molar-refractivity contribution in [1.82, 2.24) is 4.98 Å². The molecule has 0 unspecified atom stereocenters. The summed E-state index contributed by atoms with van der Waals surface area (Å²) in [7, 11) is 0. The van der Waals surface area contributed by atoms with Gasteiger partial charge in [0.15, 0.2) is 0 Å². The average Bonchev–Trinajstić information content (AvgIpc) is 2.75. The monoisotopic (exact) mass is 385 g/mol. The van der Waals surface area contributed by atoms with E-state index in [0.29, 0.717) is 6.54 Å². The van der Waals surface area contributed by atoms with Gasteiger partial charge in [0.2, 0.25) is 0 Å². The summed E-state index contributed by atoms with van der Waals surface area (Å²) in [5, 5.41) is 2.90. The number of carbonyl (C=O) groups is 2. The van der Waals surface area contributed by atoms with Gasteiger partial charge in [-0.15, -0.1) is 0 Å². The Morgan fingerprint density at radius 3 is 2.62 bits per heavy atom. The number of fused-ring (bicyclic) bond motifs is 1. The third kappa shape index (κ3) is 3.90. The van der Waals surface area contributed by atoms with E-state index in [9.17, 15) is 9.59 Å². The lowest BCUT2D eigenvalue weighted by atomic mass is 10.0. The number of hydrogen-bond donors (Lipinski definition) is 1. The average molecular weight is 385 g/mol. The molecule has 1 aromatic heterocycles. The smallest absolute Gasteiger partial charge is 0.276 e. The first kappa shape index (κ1) is 18.9. The third-order valence-electron chi connectivity index (χ3n) is 5.20. The minimum atomic E-state index is -0.326. The number of nitrogens with one attached hydrogen (secondary N) is 1. The Hall–Kier alpha value is -3.47. The third-order valence-corrected chi connectivity index (χ3v) is 5.20. The Labute approximate surface area is 170 Å². The van der Waals surface area contributed by atoms with E-state index >= 15 is 0 Å². The van der Waals surface area contributed by atoms with Crippen LogP contribution in [0.2, 0.25) is 0 Å². The van der Waals surface area contributed by atoms with Crippen LogP contribution < -0.4 is 10.2 Å². The van der Waals surface area contributed by atoms with Crippen LogP contribution >= 0.6 is 0 Å². The van der Waals surface area contributed by atoms with Crippen LogP contribution in [0.4, 0.5) is 11.4 Å². The zero-order valence-corrected chi connectivity index (χ0v) is 16.6. The van der Waals surface area contributed by atoms with Crippen LogP contribution in [0, 0.1) is 13.8 Å². The minimum absolute atomic E-state index is 0.182. The maximum Gasteiger partial charge on any atom is 0.276 e. The molecule has 0 atom stereocenters. The number of rotatable bonds is 3. The molecular formula is C24H23N3O2.